The van der Waals surface area contributed by atoms with Gasteiger partial charge in [-0.15, -0.1) is 0 Å². The normalized spacial score (nSPS) is 20.4. The minimum Gasteiger partial charge on any atom is -0.352 e. The van der Waals surface area contributed by atoms with Crippen LogP contribution in [0, 0.1) is 5.92 Å². The predicted octanol–water partition coefficient (Wildman–Crippen LogP) is 2.94. The number of hydrogen-bond donors (Lipinski definition) is 1. The van der Waals surface area contributed by atoms with Gasteiger partial charge in [0.2, 0.25) is 0 Å². The molecule has 140 valence electrons. The van der Waals surface area contributed by atoms with Gasteiger partial charge in [-0.25, -0.2) is 8.42 Å². The molecule has 6 heteroatoms. The molecule has 5 nitrogen and oxygen atoms in total. The van der Waals surface area contributed by atoms with Crippen LogP contribution in [0.5, 0.6) is 0 Å². The lowest BCUT2D eigenvalue weighted by molar-refractivity contribution is 0.263. The molecule has 0 aliphatic carbocycles. The molecule has 1 aliphatic heterocycles. The van der Waals surface area contributed by atoms with Crippen LogP contribution < -0.4 is 5.32 Å². The Morgan fingerprint density at radius 2 is 2.04 bits per heavy atom. The van der Waals surface area contributed by atoms with Gasteiger partial charge >= 0.3 is 0 Å². The van der Waals surface area contributed by atoms with Crippen LogP contribution in [0.15, 0.2) is 40.2 Å². The van der Waals surface area contributed by atoms with Crippen LogP contribution in [-0.4, -0.2) is 50.7 Å². The molecule has 1 aliphatic rings. The Morgan fingerprint density at radius 1 is 1.32 bits per heavy atom. The molecule has 0 amide bonds. The van der Waals surface area contributed by atoms with Gasteiger partial charge in [-0.3, -0.25) is 4.99 Å². The van der Waals surface area contributed by atoms with E-state index in [4.69, 9.17) is 0 Å². The molecule has 25 heavy (non-hydrogen) atoms. The first-order valence-corrected chi connectivity index (χ1v) is 10.9. The molecule has 0 spiro atoms. The number of hydrogen-bond acceptors (Lipinski definition) is 3. The molecular weight excluding hydrogens is 334 g/mol. The largest absolute Gasteiger partial charge is 0.352 e. The van der Waals surface area contributed by atoms with Crippen LogP contribution in [0.25, 0.3) is 0 Å². The Morgan fingerprint density at radius 3 is 2.64 bits per heavy atom. The summed E-state index contributed by atoms with van der Waals surface area (Å²) >= 11 is 0. The predicted molar refractivity (Wildman–Crippen MR) is 104 cm³/mol. The zero-order chi connectivity index (χ0) is 18.3. The van der Waals surface area contributed by atoms with E-state index < -0.39 is 9.84 Å². The molecule has 0 bridgehead atoms. The summed E-state index contributed by atoms with van der Waals surface area (Å²) in [4.78, 5) is 7.27. The number of sulfone groups is 1. The van der Waals surface area contributed by atoms with Crippen LogP contribution >= 0.6 is 0 Å². The van der Waals surface area contributed by atoms with E-state index in [1.807, 2.05) is 19.9 Å². The van der Waals surface area contributed by atoms with Gasteiger partial charge in [0.1, 0.15) is 0 Å². The van der Waals surface area contributed by atoms with Crippen molar-refractivity contribution >= 4 is 15.8 Å². The second-order valence-electron chi connectivity index (χ2n) is 6.84. The number of benzene rings is 1. The minimum absolute atomic E-state index is 0.0830. The summed E-state index contributed by atoms with van der Waals surface area (Å²) in [7, 11) is -3.31. The maximum absolute atomic E-state index is 12.7. The number of rotatable bonds is 6. The van der Waals surface area contributed by atoms with E-state index in [-0.39, 0.29) is 11.8 Å². The van der Waals surface area contributed by atoms with Crippen LogP contribution in [0.1, 0.15) is 40.0 Å². The highest BCUT2D eigenvalue weighted by molar-refractivity contribution is 7.91. The van der Waals surface area contributed by atoms with Gasteiger partial charge in [-0.2, -0.15) is 0 Å². The zero-order valence-corrected chi connectivity index (χ0v) is 16.4. The van der Waals surface area contributed by atoms with E-state index in [1.54, 1.807) is 24.3 Å². The van der Waals surface area contributed by atoms with Crippen molar-refractivity contribution in [1.82, 2.24) is 10.2 Å². The lowest BCUT2D eigenvalue weighted by Crippen LogP contribution is -2.51. The summed E-state index contributed by atoms with van der Waals surface area (Å²) in [5, 5.41) is 3.42. The Labute approximate surface area is 152 Å². The van der Waals surface area contributed by atoms with E-state index in [0.29, 0.717) is 17.4 Å². The van der Waals surface area contributed by atoms with Gasteiger partial charge in [-0.05, 0) is 44.2 Å². The van der Waals surface area contributed by atoms with Crippen molar-refractivity contribution in [2.45, 2.75) is 51.0 Å². The number of guanidine groups is 1. The van der Waals surface area contributed by atoms with Gasteiger partial charge in [-0.1, -0.05) is 32.0 Å². The number of nitrogens with zero attached hydrogens (tertiary/aromatic N) is 2. The topological polar surface area (TPSA) is 61.8 Å². The number of nitrogens with one attached hydrogen (secondary N) is 1. The van der Waals surface area contributed by atoms with Crippen molar-refractivity contribution in [3.8, 4) is 0 Å². The fourth-order valence-corrected chi connectivity index (χ4v) is 4.81. The van der Waals surface area contributed by atoms with Gasteiger partial charge in [0.05, 0.1) is 10.6 Å². The molecule has 0 radical (unpaired) electrons. The molecule has 1 saturated heterocycles. The van der Waals surface area contributed by atoms with Crippen LogP contribution in [0.3, 0.4) is 0 Å². The van der Waals surface area contributed by atoms with Crippen molar-refractivity contribution in [3.63, 3.8) is 0 Å². The van der Waals surface area contributed by atoms with Crippen molar-refractivity contribution in [2.24, 2.45) is 10.9 Å². The minimum atomic E-state index is -3.31. The van der Waals surface area contributed by atoms with Gasteiger partial charge in [0, 0.05) is 25.7 Å². The SMILES string of the molecule is CCN=C(NC(CC)CS(=O)(=O)c1ccccc1)N1CCCC(C)C1. The Bertz CT molecular complexity index is 659. The maximum Gasteiger partial charge on any atom is 0.194 e. The Hall–Kier alpha value is -1.56. The maximum atomic E-state index is 12.7. The highest BCUT2D eigenvalue weighted by Gasteiger charge is 2.24. The first-order chi connectivity index (χ1) is 12.0. The summed E-state index contributed by atoms with van der Waals surface area (Å²) in [6.07, 6.45) is 3.14. The first kappa shape index (κ1) is 19.8. The second-order valence-corrected chi connectivity index (χ2v) is 8.87. The van der Waals surface area contributed by atoms with E-state index in [1.165, 1.54) is 6.42 Å². The van der Waals surface area contributed by atoms with Crippen molar-refractivity contribution in [1.29, 1.82) is 0 Å². The van der Waals surface area contributed by atoms with Gasteiger partial charge < -0.3 is 10.2 Å². The highest BCUT2D eigenvalue weighted by atomic mass is 32.2. The van der Waals surface area contributed by atoms with E-state index in [0.717, 1.165) is 31.9 Å². The van der Waals surface area contributed by atoms with Crippen molar-refractivity contribution in [3.05, 3.63) is 30.3 Å². The molecule has 1 aromatic rings. The molecule has 0 saturated carbocycles. The summed E-state index contributed by atoms with van der Waals surface area (Å²) in [6.45, 7) is 8.94. The standard InChI is InChI=1S/C19H31N3O2S/c1-4-17(15-25(23,24)18-11-7-6-8-12-18)21-19(20-5-2)22-13-9-10-16(3)14-22/h6-8,11-12,16-17H,4-5,9-10,13-15H2,1-3H3,(H,20,21). The average molecular weight is 366 g/mol. The monoisotopic (exact) mass is 365 g/mol. The van der Waals surface area contributed by atoms with E-state index in [2.05, 4.69) is 22.1 Å². The third-order valence-electron chi connectivity index (χ3n) is 4.61. The van der Waals surface area contributed by atoms with Gasteiger partial charge in [0.15, 0.2) is 15.8 Å². The molecule has 1 fully saturated rings. The van der Waals surface area contributed by atoms with Gasteiger partial charge in [0.25, 0.3) is 0 Å². The molecule has 2 rings (SSSR count). The quantitative estimate of drug-likeness (QED) is 0.622. The number of aliphatic imine (C=N–C) groups is 1. The summed E-state index contributed by atoms with van der Waals surface area (Å²) in [5.74, 6) is 1.58. The molecule has 1 aromatic carbocycles. The first-order valence-electron chi connectivity index (χ1n) is 9.30. The third kappa shape index (κ3) is 5.73. The fraction of sp³-hybridized carbons (Fsp3) is 0.632. The molecule has 1 N–H and O–H groups in total. The lowest BCUT2D eigenvalue weighted by atomic mass is 10.0. The Balaban J connectivity index is 2.09. The molecular formula is C19H31N3O2S. The average Bonchev–Trinajstić information content (AvgIpc) is 2.61. The lowest BCUT2D eigenvalue weighted by Gasteiger charge is -2.35. The van der Waals surface area contributed by atoms with E-state index >= 15 is 0 Å². The highest BCUT2D eigenvalue weighted by Crippen LogP contribution is 2.17. The molecule has 2 atom stereocenters. The smallest absolute Gasteiger partial charge is 0.194 e. The molecule has 1 heterocycles. The zero-order valence-electron chi connectivity index (χ0n) is 15.6. The van der Waals surface area contributed by atoms with Crippen molar-refractivity contribution < 1.29 is 8.42 Å². The molecule has 0 aromatic heterocycles. The fourth-order valence-electron chi connectivity index (χ4n) is 3.20. The summed E-state index contributed by atoms with van der Waals surface area (Å²) in [6, 6.07) is 8.54. The number of likely N-dealkylation sites (tertiary alicyclic amines) is 1. The molecule has 2 unspecified atom stereocenters. The van der Waals surface area contributed by atoms with Crippen molar-refractivity contribution in [2.75, 3.05) is 25.4 Å². The van der Waals surface area contributed by atoms with Crippen LogP contribution in [0.2, 0.25) is 0 Å². The summed E-state index contributed by atoms with van der Waals surface area (Å²) in [5.41, 5.74) is 0. The second kappa shape index (κ2) is 9.22. The van der Waals surface area contributed by atoms with Crippen LogP contribution in [0.4, 0.5) is 0 Å². The van der Waals surface area contributed by atoms with Crippen LogP contribution in [-0.2, 0) is 9.84 Å². The summed E-state index contributed by atoms with van der Waals surface area (Å²) < 4.78 is 25.4. The third-order valence-corrected chi connectivity index (χ3v) is 6.44. The number of piperidine rings is 1. The Kier molecular flexibility index (Phi) is 7.29. The van der Waals surface area contributed by atoms with E-state index in [9.17, 15) is 8.42 Å².